The minimum atomic E-state index is -0.576. The molecule has 0 fully saturated rings. The first-order valence-corrected chi connectivity index (χ1v) is 14.7. The lowest BCUT2D eigenvalue weighted by molar-refractivity contribution is -0.123. The van der Waals surface area contributed by atoms with Crippen LogP contribution in [0.25, 0.3) is 11.1 Å². The first kappa shape index (κ1) is 36.2. The summed E-state index contributed by atoms with van der Waals surface area (Å²) in [4.78, 5) is 47.1. The Labute approximate surface area is 264 Å². The maximum atomic E-state index is 12.4. The van der Waals surface area contributed by atoms with E-state index in [1.165, 1.54) is 5.56 Å². The summed E-state index contributed by atoms with van der Waals surface area (Å²) < 4.78 is 0. The molecule has 2 aromatic carbocycles. The van der Waals surface area contributed by atoms with Crippen LogP contribution in [-0.4, -0.2) is 78.0 Å². The van der Waals surface area contributed by atoms with E-state index in [-0.39, 0.29) is 35.7 Å². The molecule has 0 unspecified atom stereocenters. The second-order valence-electron chi connectivity index (χ2n) is 10.6. The summed E-state index contributed by atoms with van der Waals surface area (Å²) in [5.74, 6) is -0.358. The van der Waals surface area contributed by atoms with Gasteiger partial charge in [0.2, 0.25) is 5.91 Å². The summed E-state index contributed by atoms with van der Waals surface area (Å²) in [5.41, 5.74) is 22.3. The molecule has 13 nitrogen and oxygen atoms in total. The number of aromatic nitrogens is 2. The highest BCUT2D eigenvalue weighted by Gasteiger charge is 2.15. The maximum absolute atomic E-state index is 12.4. The number of carboxylic acid groups (broad SMARTS) is 1. The van der Waals surface area contributed by atoms with E-state index in [0.29, 0.717) is 25.2 Å². The van der Waals surface area contributed by atoms with Crippen LogP contribution in [0.4, 0.5) is 11.6 Å². The third-order valence-corrected chi connectivity index (χ3v) is 6.73. The van der Waals surface area contributed by atoms with Crippen LogP contribution in [0.2, 0.25) is 0 Å². The van der Waals surface area contributed by atoms with Crippen molar-refractivity contribution in [2.75, 3.05) is 45.2 Å². The quantitative estimate of drug-likeness (QED) is 0.0670. The molecule has 9 N–H and O–H groups in total. The summed E-state index contributed by atoms with van der Waals surface area (Å²) in [7, 11) is 4.06. The van der Waals surface area contributed by atoms with E-state index < -0.39 is 5.91 Å². The Morgan fingerprint density at radius 2 is 1.49 bits per heavy atom. The highest BCUT2D eigenvalue weighted by atomic mass is 16.3. The lowest BCUT2D eigenvalue weighted by Crippen LogP contribution is -2.38. The minimum Gasteiger partial charge on any atom is -0.483 e. The molecule has 0 saturated heterocycles. The van der Waals surface area contributed by atoms with Crippen molar-refractivity contribution in [3.63, 3.8) is 0 Å². The number of guanidine groups is 1. The molecule has 0 bridgehead atoms. The Bertz CT molecular complexity index is 1410. The van der Waals surface area contributed by atoms with Crippen LogP contribution in [0.1, 0.15) is 53.0 Å². The number of rotatable bonds is 14. The lowest BCUT2D eigenvalue weighted by Gasteiger charge is -2.10. The van der Waals surface area contributed by atoms with Gasteiger partial charge in [-0.25, -0.2) is 9.97 Å². The number of carbonyl (C=O) groups is 3. The number of unbranched alkanes of at least 4 members (excludes halogenated alkanes) is 1. The number of hydrogen-bond donors (Lipinski definition) is 6. The Kier molecular flexibility index (Phi) is 15.5. The Morgan fingerprint density at radius 1 is 0.911 bits per heavy atom. The highest BCUT2D eigenvalue weighted by molar-refractivity contribution is 6.06. The predicted molar refractivity (Wildman–Crippen MR) is 178 cm³/mol. The number of aryl methyl sites for hydroxylation is 3. The van der Waals surface area contributed by atoms with Crippen molar-refractivity contribution in [1.82, 2.24) is 25.5 Å². The minimum absolute atomic E-state index is 0.00456. The lowest BCUT2D eigenvalue weighted by atomic mass is 9.99. The first-order valence-electron chi connectivity index (χ1n) is 14.7. The van der Waals surface area contributed by atoms with Crippen molar-refractivity contribution in [2.24, 2.45) is 10.7 Å². The summed E-state index contributed by atoms with van der Waals surface area (Å²) >= 11 is 0. The van der Waals surface area contributed by atoms with E-state index in [0.717, 1.165) is 55.3 Å². The molecule has 0 spiro atoms. The topological polar surface area (TPSA) is 215 Å². The number of amides is 2. The van der Waals surface area contributed by atoms with Crippen LogP contribution in [-0.2, 0) is 22.4 Å². The fraction of sp³-hybridized carbons (Fsp3) is 0.375. The number of aliphatic imine (C=N–C) groups is 1. The molecule has 1 heterocycles. The van der Waals surface area contributed by atoms with Gasteiger partial charge in [0.15, 0.2) is 17.5 Å². The van der Waals surface area contributed by atoms with Gasteiger partial charge in [-0.15, -0.1) is 0 Å². The van der Waals surface area contributed by atoms with Gasteiger partial charge in [0.05, 0.1) is 5.69 Å². The van der Waals surface area contributed by atoms with Crippen molar-refractivity contribution in [3.05, 3.63) is 71.0 Å². The molecule has 0 saturated carbocycles. The zero-order valence-electron chi connectivity index (χ0n) is 26.3. The molecular weight excluding hydrogens is 574 g/mol. The molecule has 0 aliphatic rings. The maximum Gasteiger partial charge on any atom is 0.290 e. The van der Waals surface area contributed by atoms with Crippen LogP contribution in [0, 0.1) is 6.92 Å². The highest BCUT2D eigenvalue weighted by Crippen LogP contribution is 2.21. The van der Waals surface area contributed by atoms with E-state index in [2.05, 4.69) is 79.0 Å². The normalized spacial score (nSPS) is 11.0. The summed E-state index contributed by atoms with van der Waals surface area (Å²) in [5, 5.41) is 12.4. The van der Waals surface area contributed by atoms with Crippen LogP contribution < -0.4 is 27.8 Å². The molecule has 2 amide bonds. The largest absolute Gasteiger partial charge is 0.483 e. The molecule has 0 aliphatic carbocycles. The molecule has 0 radical (unpaired) electrons. The smallest absolute Gasteiger partial charge is 0.290 e. The SMILES string of the molecule is Cc1nc(C(=O)NC(N)=NCCCCc2ccc(-c3ccc(CCC(=O)NCCCN(C)C)cc3)cc2)c(N)nc1N.O=CO. The molecule has 0 atom stereocenters. The van der Waals surface area contributed by atoms with Gasteiger partial charge in [0.25, 0.3) is 12.4 Å². The zero-order chi connectivity index (χ0) is 33.2. The Hall–Kier alpha value is -5.04. The van der Waals surface area contributed by atoms with E-state index in [9.17, 15) is 9.59 Å². The predicted octanol–water partition coefficient (Wildman–Crippen LogP) is 2.39. The number of nitrogen functional groups attached to an aromatic ring is 2. The Balaban J connectivity index is 0.00000226. The standard InChI is InChI=1S/C31H43N9O2.CH2O2/c1-21-28(32)38-29(33)27(37-21)30(42)39-31(34)36-18-5-4-7-22-8-13-24(14-9-22)25-15-10-23(11-16-25)12-17-26(41)35-19-6-20-40(2)3;2-1-3/h8-11,13-16H,4-7,12,17-20H2,1-3H3,(H,35,41)(H4,32,33,38)(H3,34,36,39,42);1H,(H,2,3). The third-order valence-electron chi connectivity index (χ3n) is 6.73. The molecule has 3 rings (SSSR count). The third kappa shape index (κ3) is 13.4. The monoisotopic (exact) mass is 619 g/mol. The van der Waals surface area contributed by atoms with Gasteiger partial charge >= 0.3 is 0 Å². The zero-order valence-corrected chi connectivity index (χ0v) is 26.3. The van der Waals surface area contributed by atoms with E-state index >= 15 is 0 Å². The van der Waals surface area contributed by atoms with Gasteiger partial charge in [-0.05, 0) is 81.9 Å². The number of nitrogens with zero attached hydrogens (tertiary/aromatic N) is 4. The van der Waals surface area contributed by atoms with E-state index in [1.54, 1.807) is 6.92 Å². The van der Waals surface area contributed by atoms with Gasteiger partial charge in [-0.1, -0.05) is 48.5 Å². The van der Waals surface area contributed by atoms with Crippen LogP contribution >= 0.6 is 0 Å². The van der Waals surface area contributed by atoms with Crippen LogP contribution in [0.5, 0.6) is 0 Å². The molecule has 3 aromatic rings. The fourth-order valence-electron chi connectivity index (χ4n) is 4.27. The van der Waals surface area contributed by atoms with Crippen molar-refractivity contribution in [3.8, 4) is 11.1 Å². The van der Waals surface area contributed by atoms with Gasteiger partial charge < -0.3 is 32.5 Å². The van der Waals surface area contributed by atoms with Crippen LogP contribution in [0.15, 0.2) is 53.5 Å². The summed E-state index contributed by atoms with van der Waals surface area (Å²) in [6, 6.07) is 16.9. The second kappa shape index (κ2) is 19.3. The molecule has 242 valence electrons. The van der Waals surface area contributed by atoms with E-state index in [1.807, 2.05) is 14.1 Å². The number of nitrogens with one attached hydrogen (secondary N) is 2. The van der Waals surface area contributed by atoms with Crippen molar-refractivity contribution >= 4 is 35.9 Å². The molecule has 0 aliphatic heterocycles. The average Bonchev–Trinajstić information content (AvgIpc) is 3.00. The van der Waals surface area contributed by atoms with Crippen LogP contribution in [0.3, 0.4) is 0 Å². The Morgan fingerprint density at radius 3 is 2.07 bits per heavy atom. The van der Waals surface area contributed by atoms with Crippen molar-refractivity contribution in [2.45, 2.75) is 45.4 Å². The van der Waals surface area contributed by atoms with Gasteiger partial charge in [-0.3, -0.25) is 24.7 Å². The number of benzene rings is 2. The second-order valence-corrected chi connectivity index (χ2v) is 10.6. The molecule has 45 heavy (non-hydrogen) atoms. The summed E-state index contributed by atoms with van der Waals surface area (Å²) in [6.07, 6.45) is 4.84. The molecular formula is C32H45N9O4. The average molecular weight is 620 g/mol. The first-order chi connectivity index (χ1) is 21.5. The summed E-state index contributed by atoms with van der Waals surface area (Å²) in [6.45, 7) is 3.56. The number of carbonyl (C=O) groups excluding carboxylic acids is 2. The molecule has 1 aromatic heterocycles. The molecule has 13 heteroatoms. The van der Waals surface area contributed by atoms with Gasteiger partial charge in [-0.2, -0.15) is 0 Å². The van der Waals surface area contributed by atoms with Gasteiger partial charge in [0, 0.05) is 19.5 Å². The van der Waals surface area contributed by atoms with E-state index in [4.69, 9.17) is 27.1 Å². The van der Waals surface area contributed by atoms with Crippen molar-refractivity contribution < 1.29 is 19.5 Å². The number of hydrogen-bond acceptors (Lipinski definition) is 9. The van der Waals surface area contributed by atoms with Crippen molar-refractivity contribution in [1.29, 1.82) is 0 Å². The number of nitrogens with two attached hydrogens (primary N) is 3. The number of anilines is 2. The van der Waals surface area contributed by atoms with Gasteiger partial charge in [0.1, 0.15) is 5.82 Å². The fourth-order valence-corrected chi connectivity index (χ4v) is 4.27.